The van der Waals surface area contributed by atoms with Crippen LogP contribution in [0.2, 0.25) is 0 Å². The minimum Gasteiger partial charge on any atom is -0.501 e. The molecule has 5 heterocycles. The van der Waals surface area contributed by atoms with Gasteiger partial charge in [0, 0.05) is 52.3 Å². The van der Waals surface area contributed by atoms with Crippen LogP contribution in [0.15, 0.2) is 248 Å². The van der Waals surface area contributed by atoms with Gasteiger partial charge < -0.3 is 23.5 Å². The number of hydrogen-bond donors (Lipinski definition) is 0. The minimum atomic E-state index is 0. The van der Waals surface area contributed by atoms with Gasteiger partial charge in [0.15, 0.2) is 0 Å². The van der Waals surface area contributed by atoms with E-state index in [1.54, 1.807) is 0 Å². The van der Waals surface area contributed by atoms with Gasteiger partial charge in [-0.2, -0.15) is 0 Å². The Morgan fingerprint density at radius 3 is 2.06 bits per heavy atom. The molecule has 0 aliphatic carbocycles. The van der Waals surface area contributed by atoms with E-state index in [1.807, 2.05) is 67.1 Å². The third-order valence-corrected chi connectivity index (χ3v) is 15.9. The van der Waals surface area contributed by atoms with Crippen molar-refractivity contribution < 1.29 is 24.5 Å². The van der Waals surface area contributed by atoms with Gasteiger partial charge in [-0.25, -0.2) is 0 Å². The van der Waals surface area contributed by atoms with Crippen LogP contribution in [-0.2, 0) is 26.5 Å². The third kappa shape index (κ3) is 9.82. The SMILES string of the molecule is CC(C)c1cccc(C(C)C)c1-n1ccnc1-c1[c-]ccc2c1oc1cc3c(ccc4ccccc43)cc12.[Ir+3].[c-]1ccccc1-c1cc(-c2cccc3c2c2cc(Cc4cc[c-]c(-c5ccccn5)c4)ccc2n3-c2ccccc2)ccn1. The number of fused-ring (bicyclic) bond motifs is 9. The van der Waals surface area contributed by atoms with E-state index < -0.39 is 0 Å². The Balaban J connectivity index is 0.000000155. The molecule has 0 N–H and O–H groups in total. The summed E-state index contributed by atoms with van der Waals surface area (Å²) in [4.78, 5) is 14.1. The zero-order chi connectivity index (χ0) is 55.3. The van der Waals surface area contributed by atoms with Crippen molar-refractivity contribution in [3.8, 4) is 56.4 Å². The van der Waals surface area contributed by atoms with E-state index in [0.717, 1.165) is 73.5 Å². The van der Waals surface area contributed by atoms with E-state index in [4.69, 9.17) is 9.40 Å². The second-order valence-electron chi connectivity index (χ2n) is 21.7. The van der Waals surface area contributed by atoms with Crippen LogP contribution in [0.3, 0.4) is 0 Å². The standard InChI is InChI=1S/C41H27N3.C35H29N2O.Ir/c1-3-12-31(13-4-1)38-28-32(22-24-43-38)35-17-10-19-40-41(35)36-27-30(20-21-39(36)44(40)34-15-5-2-6-16-34)25-29-11-9-14-33(26-29)37-18-7-8-23-42-37;1-21(2)25-11-7-12-26(22(3)4)33(25)37-18-17-36-35(37)29-14-8-13-28-31-19-24-16-15-23-9-5-6-10-27(23)30(24)20-32(31)38-34(28)29;/h1-12,15-24,26-28H,25H2;5-13,15-22H,1-4H3;/q-2;-1;+3. The smallest absolute Gasteiger partial charge is 0.501 e. The minimum absolute atomic E-state index is 0. The van der Waals surface area contributed by atoms with Crippen molar-refractivity contribution in [1.29, 1.82) is 0 Å². The summed E-state index contributed by atoms with van der Waals surface area (Å²) in [6.45, 7) is 9.00. The maximum atomic E-state index is 6.63. The number of furan rings is 1. The molecule has 10 aromatic carbocycles. The van der Waals surface area contributed by atoms with Gasteiger partial charge in [-0.1, -0.05) is 148 Å². The molecule has 0 aliphatic rings. The predicted molar refractivity (Wildman–Crippen MR) is 338 cm³/mol. The van der Waals surface area contributed by atoms with Crippen molar-refractivity contribution in [2.45, 2.75) is 46.0 Å². The molecule has 0 bridgehead atoms. The first-order chi connectivity index (χ1) is 40.3. The Morgan fingerprint density at radius 2 is 1.24 bits per heavy atom. The second kappa shape index (κ2) is 22.4. The number of hydrogen-bond acceptors (Lipinski definition) is 4. The molecular formula is C76H56IrN5O. The average molecular weight is 1250 g/mol. The van der Waals surface area contributed by atoms with Gasteiger partial charge in [0.2, 0.25) is 0 Å². The summed E-state index contributed by atoms with van der Waals surface area (Å²) in [7, 11) is 0. The van der Waals surface area contributed by atoms with E-state index in [0.29, 0.717) is 11.8 Å². The zero-order valence-corrected chi connectivity index (χ0v) is 48.8. The van der Waals surface area contributed by atoms with E-state index in [9.17, 15) is 0 Å². The number of aromatic nitrogens is 5. The van der Waals surface area contributed by atoms with Crippen LogP contribution in [0, 0.1) is 18.2 Å². The fourth-order valence-electron chi connectivity index (χ4n) is 12.0. The summed E-state index contributed by atoms with van der Waals surface area (Å²) < 4.78 is 11.2. The Bertz CT molecular complexity index is 4820. The fraction of sp³-hybridized carbons (Fsp3) is 0.0921. The number of para-hydroxylation sites is 2. The quantitative estimate of drug-likeness (QED) is 0.101. The number of pyridine rings is 2. The van der Waals surface area contributed by atoms with Crippen LogP contribution in [0.4, 0.5) is 0 Å². The molecule has 400 valence electrons. The van der Waals surface area contributed by atoms with Crippen LogP contribution in [0.1, 0.15) is 61.8 Å². The van der Waals surface area contributed by atoms with Crippen molar-refractivity contribution in [3.05, 3.63) is 284 Å². The molecule has 83 heavy (non-hydrogen) atoms. The molecule has 0 atom stereocenters. The van der Waals surface area contributed by atoms with E-state index in [-0.39, 0.29) is 20.1 Å². The van der Waals surface area contributed by atoms with E-state index >= 15 is 0 Å². The van der Waals surface area contributed by atoms with Gasteiger partial charge in [-0.15, -0.1) is 89.5 Å². The molecule has 0 spiro atoms. The molecule has 6 nitrogen and oxygen atoms in total. The number of imidazole rings is 1. The summed E-state index contributed by atoms with van der Waals surface area (Å²) >= 11 is 0. The van der Waals surface area contributed by atoms with Crippen LogP contribution in [0.5, 0.6) is 0 Å². The molecule has 15 rings (SSSR count). The summed E-state index contributed by atoms with van der Waals surface area (Å²) in [6.07, 6.45) is 8.49. The van der Waals surface area contributed by atoms with Crippen molar-refractivity contribution in [1.82, 2.24) is 24.1 Å². The Morgan fingerprint density at radius 1 is 0.482 bits per heavy atom. The Hall–Kier alpha value is -9.52. The molecule has 15 aromatic rings. The number of nitrogens with zero attached hydrogens (tertiary/aromatic N) is 5. The molecule has 0 amide bonds. The molecular weight excluding hydrogens is 1190 g/mol. The van der Waals surface area contributed by atoms with Gasteiger partial charge in [0.25, 0.3) is 0 Å². The fourth-order valence-corrected chi connectivity index (χ4v) is 12.0. The van der Waals surface area contributed by atoms with Crippen LogP contribution in [-0.4, -0.2) is 24.1 Å². The average Bonchev–Trinajstić information content (AvgIpc) is 2.37. The Kier molecular flexibility index (Phi) is 14.3. The molecule has 0 saturated heterocycles. The maximum absolute atomic E-state index is 6.63. The molecule has 5 aromatic heterocycles. The molecule has 0 unspecified atom stereocenters. The van der Waals surface area contributed by atoms with Crippen LogP contribution in [0.25, 0.3) is 122 Å². The first-order valence-corrected chi connectivity index (χ1v) is 28.2. The van der Waals surface area contributed by atoms with Gasteiger partial charge in [-0.05, 0) is 134 Å². The molecule has 7 heteroatoms. The zero-order valence-electron chi connectivity index (χ0n) is 46.4. The van der Waals surface area contributed by atoms with Gasteiger partial charge >= 0.3 is 20.1 Å². The first kappa shape index (κ1) is 52.8. The molecule has 0 saturated carbocycles. The predicted octanol–water partition coefficient (Wildman–Crippen LogP) is 19.6. The van der Waals surface area contributed by atoms with Crippen molar-refractivity contribution >= 4 is 65.3 Å². The van der Waals surface area contributed by atoms with Crippen molar-refractivity contribution in [3.63, 3.8) is 0 Å². The van der Waals surface area contributed by atoms with Gasteiger partial charge in [0.05, 0.1) is 22.4 Å². The van der Waals surface area contributed by atoms with Crippen LogP contribution >= 0.6 is 0 Å². The third-order valence-electron chi connectivity index (χ3n) is 15.9. The second-order valence-corrected chi connectivity index (χ2v) is 21.7. The monoisotopic (exact) mass is 1250 g/mol. The maximum Gasteiger partial charge on any atom is 3.00 e. The number of rotatable bonds is 10. The van der Waals surface area contributed by atoms with Crippen LogP contribution < -0.4 is 0 Å². The Labute approximate surface area is 496 Å². The summed E-state index contributed by atoms with van der Waals surface area (Å²) in [6, 6.07) is 87.0. The summed E-state index contributed by atoms with van der Waals surface area (Å²) in [5.41, 5.74) is 18.6. The van der Waals surface area contributed by atoms with Gasteiger partial charge in [0.1, 0.15) is 5.58 Å². The normalized spacial score (nSPS) is 11.5. The largest absolute Gasteiger partial charge is 3.00 e. The topological polar surface area (TPSA) is 61.7 Å². The van der Waals surface area contributed by atoms with E-state index in [1.165, 1.54) is 76.9 Å². The number of benzene rings is 10. The molecule has 0 aliphatic heterocycles. The van der Waals surface area contributed by atoms with Crippen molar-refractivity contribution in [2.24, 2.45) is 0 Å². The van der Waals surface area contributed by atoms with Gasteiger partial charge in [-0.3, -0.25) is 4.98 Å². The summed E-state index contributed by atoms with van der Waals surface area (Å²) in [5.74, 6) is 1.61. The molecule has 0 radical (unpaired) electrons. The van der Waals surface area contributed by atoms with Crippen molar-refractivity contribution in [2.75, 3.05) is 0 Å². The van der Waals surface area contributed by atoms with E-state index in [2.05, 4.69) is 241 Å². The summed E-state index contributed by atoms with van der Waals surface area (Å²) in [5, 5.41) is 9.54. The first-order valence-electron chi connectivity index (χ1n) is 28.2. The molecule has 0 fully saturated rings.